The SMILES string of the molecule is COc1ccc(C2C(C(=O)c3cc4cc(Cl)cc(OC)c4o3)=C(O)C(=O)N2Cc2ccc(OC)c(OC)c2)cc1. The van der Waals surface area contributed by atoms with Crippen LogP contribution in [0, 0.1) is 0 Å². The average molecular weight is 564 g/mol. The van der Waals surface area contributed by atoms with Crippen molar-refractivity contribution in [1.82, 2.24) is 4.90 Å². The maximum Gasteiger partial charge on any atom is 0.290 e. The van der Waals surface area contributed by atoms with E-state index in [0.29, 0.717) is 50.1 Å². The maximum atomic E-state index is 13.9. The summed E-state index contributed by atoms with van der Waals surface area (Å²) in [7, 11) is 6.05. The topological polar surface area (TPSA) is 108 Å². The van der Waals surface area contributed by atoms with Crippen LogP contribution in [-0.2, 0) is 11.3 Å². The number of rotatable bonds is 9. The molecule has 40 heavy (non-hydrogen) atoms. The number of carbonyl (C=O) groups excluding carboxylic acids is 2. The summed E-state index contributed by atoms with van der Waals surface area (Å²) in [6.07, 6.45) is 0. The summed E-state index contributed by atoms with van der Waals surface area (Å²) >= 11 is 6.19. The quantitative estimate of drug-likeness (QED) is 0.251. The number of furan rings is 1. The first-order chi connectivity index (χ1) is 19.3. The molecular weight excluding hydrogens is 538 g/mol. The molecule has 0 bridgehead atoms. The fourth-order valence-corrected chi connectivity index (χ4v) is 5.06. The van der Waals surface area contributed by atoms with E-state index in [9.17, 15) is 14.7 Å². The number of Topliss-reactive ketones (excluding diaryl/α,β-unsaturated/α-hetero) is 1. The van der Waals surface area contributed by atoms with Gasteiger partial charge in [0, 0.05) is 23.0 Å². The Morgan fingerprint density at radius 3 is 2.25 bits per heavy atom. The molecular formula is C30H26ClNO8. The Labute approximate surface area is 235 Å². The standard InChI is InChI=1S/C30H26ClNO8/c1-36-20-8-6-17(7-9-20)26-25(27(33)23-13-18-12-19(31)14-24(39-4)29(18)40-23)28(34)30(35)32(26)15-16-5-10-21(37-2)22(11-16)38-3/h5-14,26,34H,15H2,1-4H3. The molecule has 2 heterocycles. The van der Waals surface area contributed by atoms with Crippen LogP contribution in [-0.4, -0.2) is 50.1 Å². The zero-order chi connectivity index (χ0) is 28.6. The number of aliphatic hydroxyl groups is 1. The summed E-state index contributed by atoms with van der Waals surface area (Å²) in [5.41, 5.74) is 1.51. The molecule has 4 aromatic rings. The second kappa shape index (κ2) is 10.9. The van der Waals surface area contributed by atoms with Gasteiger partial charge in [-0.3, -0.25) is 9.59 Å². The highest BCUT2D eigenvalue weighted by molar-refractivity contribution is 6.31. The Morgan fingerprint density at radius 2 is 1.60 bits per heavy atom. The lowest BCUT2D eigenvalue weighted by atomic mass is 9.94. The smallest absolute Gasteiger partial charge is 0.290 e. The van der Waals surface area contributed by atoms with Crippen molar-refractivity contribution in [3.63, 3.8) is 0 Å². The summed E-state index contributed by atoms with van der Waals surface area (Å²) in [5, 5.41) is 12.0. The molecule has 9 nitrogen and oxygen atoms in total. The molecule has 0 spiro atoms. The van der Waals surface area contributed by atoms with E-state index in [4.69, 9.17) is 35.0 Å². The van der Waals surface area contributed by atoms with Crippen LogP contribution < -0.4 is 18.9 Å². The van der Waals surface area contributed by atoms with Crippen LogP contribution >= 0.6 is 11.6 Å². The van der Waals surface area contributed by atoms with Crippen LogP contribution in [0.15, 0.2) is 76.4 Å². The normalized spacial score (nSPS) is 15.1. The number of hydrogen-bond acceptors (Lipinski definition) is 8. The fraction of sp³-hybridized carbons (Fsp3) is 0.200. The van der Waals surface area contributed by atoms with Gasteiger partial charge in [0.1, 0.15) is 5.75 Å². The first kappa shape index (κ1) is 27.0. The molecule has 0 radical (unpaired) electrons. The molecule has 1 aliphatic heterocycles. The van der Waals surface area contributed by atoms with E-state index in [1.165, 1.54) is 32.3 Å². The van der Waals surface area contributed by atoms with Gasteiger partial charge in [0.25, 0.3) is 5.91 Å². The lowest BCUT2D eigenvalue weighted by Crippen LogP contribution is -2.30. The number of ether oxygens (including phenoxy) is 4. The summed E-state index contributed by atoms with van der Waals surface area (Å²) < 4.78 is 27.2. The van der Waals surface area contributed by atoms with Gasteiger partial charge in [-0.2, -0.15) is 0 Å². The van der Waals surface area contributed by atoms with Crippen molar-refractivity contribution < 1.29 is 38.1 Å². The van der Waals surface area contributed by atoms with Crippen molar-refractivity contribution in [3.8, 4) is 23.0 Å². The van der Waals surface area contributed by atoms with Crippen LogP contribution in [0.1, 0.15) is 27.7 Å². The number of fused-ring (bicyclic) bond motifs is 1. The largest absolute Gasteiger partial charge is 0.503 e. The van der Waals surface area contributed by atoms with Crippen molar-refractivity contribution in [1.29, 1.82) is 0 Å². The van der Waals surface area contributed by atoms with Crippen LogP contribution in [0.5, 0.6) is 23.0 Å². The van der Waals surface area contributed by atoms with E-state index in [2.05, 4.69) is 0 Å². The molecule has 206 valence electrons. The van der Waals surface area contributed by atoms with Gasteiger partial charge in [0.2, 0.25) is 5.78 Å². The third-order valence-electron chi connectivity index (χ3n) is 6.77. The second-order valence-corrected chi connectivity index (χ2v) is 9.46. The van der Waals surface area contributed by atoms with E-state index in [1.54, 1.807) is 61.7 Å². The number of benzene rings is 3. The van der Waals surface area contributed by atoms with E-state index < -0.39 is 23.5 Å². The highest BCUT2D eigenvalue weighted by atomic mass is 35.5. The summed E-state index contributed by atoms with van der Waals surface area (Å²) in [5.74, 6) is -0.107. The number of hydrogen-bond donors (Lipinski definition) is 1. The van der Waals surface area contributed by atoms with Crippen LogP contribution in [0.4, 0.5) is 0 Å². The lowest BCUT2D eigenvalue weighted by molar-refractivity contribution is -0.130. The Morgan fingerprint density at radius 1 is 0.900 bits per heavy atom. The Kier molecular flexibility index (Phi) is 7.32. The van der Waals surface area contributed by atoms with Crippen LogP contribution in [0.3, 0.4) is 0 Å². The molecule has 10 heteroatoms. The highest BCUT2D eigenvalue weighted by Crippen LogP contribution is 2.42. The van der Waals surface area contributed by atoms with Crippen molar-refractivity contribution in [2.75, 3.05) is 28.4 Å². The summed E-state index contributed by atoms with van der Waals surface area (Å²) in [6, 6.07) is 16.0. The highest BCUT2D eigenvalue weighted by Gasteiger charge is 2.44. The Balaban J connectivity index is 1.59. The number of aliphatic hydroxyl groups excluding tert-OH is 1. The number of ketones is 1. The minimum absolute atomic E-state index is 0.0697. The second-order valence-electron chi connectivity index (χ2n) is 9.03. The maximum absolute atomic E-state index is 13.9. The minimum Gasteiger partial charge on any atom is -0.503 e. The third-order valence-corrected chi connectivity index (χ3v) is 6.99. The van der Waals surface area contributed by atoms with Gasteiger partial charge < -0.3 is 33.4 Å². The zero-order valence-corrected chi connectivity index (χ0v) is 22.9. The van der Waals surface area contributed by atoms with E-state index in [0.717, 1.165) is 0 Å². The monoisotopic (exact) mass is 563 g/mol. The van der Waals surface area contributed by atoms with Gasteiger partial charge >= 0.3 is 0 Å². The molecule has 1 unspecified atom stereocenters. The minimum atomic E-state index is -0.919. The zero-order valence-electron chi connectivity index (χ0n) is 22.2. The van der Waals surface area contributed by atoms with E-state index in [1.807, 2.05) is 0 Å². The van der Waals surface area contributed by atoms with Crippen molar-refractivity contribution in [3.05, 3.63) is 93.9 Å². The molecule has 3 aromatic carbocycles. The molecule has 0 saturated heterocycles. The van der Waals surface area contributed by atoms with Gasteiger partial charge in [-0.25, -0.2) is 0 Å². The van der Waals surface area contributed by atoms with Gasteiger partial charge in [0.05, 0.1) is 40.1 Å². The van der Waals surface area contributed by atoms with Crippen LogP contribution in [0.25, 0.3) is 11.0 Å². The number of halogens is 1. The molecule has 1 aromatic heterocycles. The summed E-state index contributed by atoms with van der Waals surface area (Å²) in [6.45, 7) is 0.0697. The molecule has 0 aliphatic carbocycles. The predicted molar refractivity (Wildman–Crippen MR) is 148 cm³/mol. The molecule has 5 rings (SSSR count). The lowest BCUT2D eigenvalue weighted by Gasteiger charge is -2.27. The summed E-state index contributed by atoms with van der Waals surface area (Å²) in [4.78, 5) is 28.8. The molecule has 0 saturated carbocycles. The van der Waals surface area contributed by atoms with Gasteiger partial charge in [-0.15, -0.1) is 0 Å². The van der Waals surface area contributed by atoms with E-state index >= 15 is 0 Å². The molecule has 1 N–H and O–H groups in total. The predicted octanol–water partition coefficient (Wildman–Crippen LogP) is 5.90. The average Bonchev–Trinajstić information content (AvgIpc) is 3.51. The molecule has 0 fully saturated rings. The first-order valence-electron chi connectivity index (χ1n) is 12.2. The van der Waals surface area contributed by atoms with Crippen molar-refractivity contribution in [2.45, 2.75) is 12.6 Å². The molecule has 1 atom stereocenters. The number of nitrogens with zero attached hydrogens (tertiary/aromatic N) is 1. The van der Waals surface area contributed by atoms with Crippen molar-refractivity contribution in [2.24, 2.45) is 0 Å². The fourth-order valence-electron chi connectivity index (χ4n) is 4.84. The first-order valence-corrected chi connectivity index (χ1v) is 12.6. The number of methoxy groups -OCH3 is 4. The number of amides is 1. The number of carbonyl (C=O) groups is 2. The van der Waals surface area contributed by atoms with Crippen LogP contribution in [0.2, 0.25) is 5.02 Å². The molecule has 1 amide bonds. The third kappa shape index (κ3) is 4.69. The molecule has 1 aliphatic rings. The van der Waals surface area contributed by atoms with E-state index in [-0.39, 0.29) is 17.9 Å². The Bertz CT molecular complexity index is 1640. The van der Waals surface area contributed by atoms with Gasteiger partial charge in [-0.05, 0) is 47.5 Å². The van der Waals surface area contributed by atoms with Gasteiger partial charge in [0.15, 0.2) is 34.4 Å². The Hall–Kier alpha value is -4.63. The van der Waals surface area contributed by atoms with Crippen molar-refractivity contribution >= 4 is 34.3 Å². The van der Waals surface area contributed by atoms with Gasteiger partial charge in [-0.1, -0.05) is 29.8 Å².